The molecule has 0 amide bonds. The lowest BCUT2D eigenvalue weighted by Crippen LogP contribution is -1.99. The largest absolute Gasteiger partial charge is 0.478 e. The van der Waals surface area contributed by atoms with E-state index in [-0.39, 0.29) is 5.41 Å². The maximum Gasteiger partial charge on any atom is 0.328 e. The summed E-state index contributed by atoms with van der Waals surface area (Å²) in [6.07, 6.45) is 4.79. The van der Waals surface area contributed by atoms with Gasteiger partial charge >= 0.3 is 5.97 Å². The lowest BCUT2D eigenvalue weighted by atomic mass is 9.94. The van der Waals surface area contributed by atoms with Crippen LogP contribution in [0.4, 0.5) is 0 Å². The molecular formula is C10H16O2. The van der Waals surface area contributed by atoms with Crippen LogP contribution in [0.5, 0.6) is 0 Å². The van der Waals surface area contributed by atoms with Crippen molar-refractivity contribution in [2.24, 2.45) is 5.41 Å². The van der Waals surface area contributed by atoms with E-state index in [0.717, 1.165) is 11.6 Å². The third-order valence-electron chi connectivity index (χ3n) is 1.15. The molecule has 68 valence electrons. The summed E-state index contributed by atoms with van der Waals surface area (Å²) in [6.45, 7) is 8.12. The van der Waals surface area contributed by atoms with Gasteiger partial charge in [0.05, 0.1) is 0 Å². The van der Waals surface area contributed by atoms with Gasteiger partial charge in [0.1, 0.15) is 0 Å². The first-order valence-corrected chi connectivity index (χ1v) is 3.92. The van der Waals surface area contributed by atoms with Gasteiger partial charge in [-0.15, -0.1) is 0 Å². The number of hydrogen-bond donors (Lipinski definition) is 1. The van der Waals surface area contributed by atoms with E-state index in [1.165, 1.54) is 0 Å². The van der Waals surface area contributed by atoms with Gasteiger partial charge in [-0.1, -0.05) is 38.5 Å². The van der Waals surface area contributed by atoms with Crippen molar-refractivity contribution >= 4 is 5.97 Å². The van der Waals surface area contributed by atoms with Crippen molar-refractivity contribution in [2.75, 3.05) is 0 Å². The molecule has 2 nitrogen and oxygen atoms in total. The average Bonchev–Trinajstić information content (AvgIpc) is 1.79. The van der Waals surface area contributed by atoms with E-state index in [1.54, 1.807) is 6.08 Å². The van der Waals surface area contributed by atoms with Gasteiger partial charge in [0, 0.05) is 6.08 Å². The summed E-state index contributed by atoms with van der Waals surface area (Å²) in [5.74, 6) is -0.906. The van der Waals surface area contributed by atoms with Crippen LogP contribution in [0.2, 0.25) is 0 Å². The van der Waals surface area contributed by atoms with Crippen LogP contribution in [0.1, 0.15) is 27.7 Å². The van der Waals surface area contributed by atoms with E-state index in [9.17, 15) is 4.79 Å². The van der Waals surface area contributed by atoms with Crippen molar-refractivity contribution in [3.63, 3.8) is 0 Å². The van der Waals surface area contributed by atoms with E-state index in [4.69, 9.17) is 5.11 Å². The van der Waals surface area contributed by atoms with Gasteiger partial charge in [-0.25, -0.2) is 4.79 Å². The first-order chi connectivity index (χ1) is 5.31. The van der Waals surface area contributed by atoms with Crippen LogP contribution in [0.3, 0.4) is 0 Å². The molecule has 0 aliphatic heterocycles. The average molecular weight is 168 g/mol. The molecule has 0 aromatic heterocycles. The number of carbonyl (C=O) groups is 1. The maximum absolute atomic E-state index is 10.2. The standard InChI is InChI=1S/C10H16O2/c1-8(5-6-9(11)12)7-10(2,3)4/h5-7H,1-4H3,(H,11,12)/b6-5+,8-7-. The number of hydrogen-bond acceptors (Lipinski definition) is 1. The van der Waals surface area contributed by atoms with E-state index in [2.05, 4.69) is 20.8 Å². The smallest absolute Gasteiger partial charge is 0.328 e. The SMILES string of the molecule is CC(=C/C(C)(C)C)/C=C/C(=O)O. The number of rotatable bonds is 2. The van der Waals surface area contributed by atoms with Crippen molar-refractivity contribution in [3.8, 4) is 0 Å². The Morgan fingerprint density at radius 2 is 1.75 bits per heavy atom. The molecule has 1 N–H and O–H groups in total. The molecule has 0 fully saturated rings. The predicted octanol–water partition coefficient (Wildman–Crippen LogP) is 2.62. The molecule has 0 spiro atoms. The van der Waals surface area contributed by atoms with Crippen molar-refractivity contribution in [1.29, 1.82) is 0 Å². The summed E-state index contributed by atoms with van der Waals surface area (Å²) in [5, 5.41) is 8.35. The first kappa shape index (κ1) is 11.0. The van der Waals surface area contributed by atoms with Gasteiger partial charge < -0.3 is 5.11 Å². The topological polar surface area (TPSA) is 37.3 Å². The normalized spacial score (nSPS) is 13.8. The summed E-state index contributed by atoms with van der Waals surface area (Å²) in [7, 11) is 0. The second-order valence-corrected chi connectivity index (χ2v) is 3.93. The zero-order valence-electron chi connectivity index (χ0n) is 8.09. The summed E-state index contributed by atoms with van der Waals surface area (Å²) in [4.78, 5) is 10.2. The third-order valence-corrected chi connectivity index (χ3v) is 1.15. The monoisotopic (exact) mass is 168 g/mol. The van der Waals surface area contributed by atoms with Crippen molar-refractivity contribution in [3.05, 3.63) is 23.8 Å². The van der Waals surface area contributed by atoms with Gasteiger partial charge in [-0.3, -0.25) is 0 Å². The van der Waals surface area contributed by atoms with Crippen LogP contribution in [0, 0.1) is 5.41 Å². The summed E-state index contributed by atoms with van der Waals surface area (Å²) in [5.41, 5.74) is 1.08. The Balaban J connectivity index is 4.31. The zero-order chi connectivity index (χ0) is 9.78. The van der Waals surface area contributed by atoms with E-state index < -0.39 is 5.97 Å². The van der Waals surface area contributed by atoms with Crippen molar-refractivity contribution in [1.82, 2.24) is 0 Å². The Kier molecular flexibility index (Phi) is 3.74. The van der Waals surface area contributed by atoms with Crippen LogP contribution in [0.25, 0.3) is 0 Å². The molecule has 2 heteroatoms. The Hall–Kier alpha value is -1.05. The minimum absolute atomic E-state index is 0.104. The van der Waals surface area contributed by atoms with Crippen LogP contribution < -0.4 is 0 Å². The first-order valence-electron chi connectivity index (χ1n) is 3.92. The van der Waals surface area contributed by atoms with Crippen LogP contribution in [0.15, 0.2) is 23.8 Å². The highest BCUT2D eigenvalue weighted by Gasteiger charge is 2.04. The minimum atomic E-state index is -0.906. The highest BCUT2D eigenvalue weighted by molar-refractivity contribution is 5.80. The summed E-state index contributed by atoms with van der Waals surface area (Å²) in [6, 6.07) is 0. The van der Waals surface area contributed by atoms with Gasteiger partial charge in [0.2, 0.25) is 0 Å². The van der Waals surface area contributed by atoms with Gasteiger partial charge in [0.15, 0.2) is 0 Å². The molecule has 0 saturated carbocycles. The fraction of sp³-hybridized carbons (Fsp3) is 0.500. The van der Waals surface area contributed by atoms with E-state index in [1.807, 2.05) is 13.0 Å². The predicted molar refractivity (Wildman–Crippen MR) is 50.0 cm³/mol. The minimum Gasteiger partial charge on any atom is -0.478 e. The molecule has 0 aromatic carbocycles. The van der Waals surface area contributed by atoms with E-state index >= 15 is 0 Å². The quantitative estimate of drug-likeness (QED) is 0.508. The lowest BCUT2D eigenvalue weighted by molar-refractivity contribution is -0.131. The van der Waals surface area contributed by atoms with Crippen molar-refractivity contribution in [2.45, 2.75) is 27.7 Å². The zero-order valence-corrected chi connectivity index (χ0v) is 8.09. The molecule has 0 aromatic rings. The Morgan fingerprint density at radius 1 is 1.25 bits per heavy atom. The third kappa shape index (κ3) is 7.06. The molecule has 0 bridgehead atoms. The fourth-order valence-electron chi connectivity index (χ4n) is 0.934. The van der Waals surface area contributed by atoms with Gasteiger partial charge in [0.25, 0.3) is 0 Å². The molecule has 0 atom stereocenters. The second-order valence-electron chi connectivity index (χ2n) is 3.93. The highest BCUT2D eigenvalue weighted by Crippen LogP contribution is 2.17. The highest BCUT2D eigenvalue weighted by atomic mass is 16.4. The number of carboxylic acids is 1. The Labute approximate surface area is 73.6 Å². The molecule has 0 rings (SSSR count). The van der Waals surface area contributed by atoms with Crippen LogP contribution in [-0.2, 0) is 4.79 Å². The molecule has 0 aliphatic rings. The van der Waals surface area contributed by atoms with E-state index in [0.29, 0.717) is 0 Å². The molecule has 0 aliphatic carbocycles. The fourth-order valence-corrected chi connectivity index (χ4v) is 0.934. The van der Waals surface area contributed by atoms with Crippen molar-refractivity contribution < 1.29 is 9.90 Å². The van der Waals surface area contributed by atoms with Gasteiger partial charge in [-0.05, 0) is 12.3 Å². The van der Waals surface area contributed by atoms with Crippen LogP contribution in [-0.4, -0.2) is 11.1 Å². The molecule has 0 heterocycles. The molecule has 12 heavy (non-hydrogen) atoms. The number of allylic oxidation sites excluding steroid dienone is 3. The molecular weight excluding hydrogens is 152 g/mol. The van der Waals surface area contributed by atoms with Crippen LogP contribution >= 0.6 is 0 Å². The number of carboxylic acid groups (broad SMARTS) is 1. The Bertz CT molecular complexity index is 216. The summed E-state index contributed by atoms with van der Waals surface area (Å²) < 4.78 is 0. The summed E-state index contributed by atoms with van der Waals surface area (Å²) >= 11 is 0. The Morgan fingerprint density at radius 3 is 2.08 bits per heavy atom. The molecule has 0 unspecified atom stereocenters. The van der Waals surface area contributed by atoms with Gasteiger partial charge in [-0.2, -0.15) is 0 Å². The number of aliphatic carboxylic acids is 1. The second kappa shape index (κ2) is 4.10. The maximum atomic E-state index is 10.2. The lowest BCUT2D eigenvalue weighted by Gasteiger charge is -2.12. The molecule has 0 saturated heterocycles. The molecule has 0 radical (unpaired) electrons.